The maximum atomic E-state index is 12.5. The van der Waals surface area contributed by atoms with Crippen molar-refractivity contribution in [3.05, 3.63) is 29.8 Å². The normalized spacial score (nSPS) is 12.2. The van der Waals surface area contributed by atoms with Crippen molar-refractivity contribution >= 4 is 21.7 Å². The maximum Gasteiger partial charge on any atom is 0.516 e. The number of alkyl halides is 3. The average molecular weight is 297 g/mol. The summed E-state index contributed by atoms with van der Waals surface area (Å²) < 4.78 is 59.9. The van der Waals surface area contributed by atoms with E-state index in [2.05, 4.69) is 0 Å². The molecule has 9 heteroatoms. The number of anilines is 1. The number of carboxylic acids is 1. The van der Waals surface area contributed by atoms with Crippen LogP contribution in [-0.2, 0) is 14.8 Å². The lowest BCUT2D eigenvalue weighted by Crippen LogP contribution is -2.43. The van der Waals surface area contributed by atoms with Crippen LogP contribution in [0.25, 0.3) is 0 Å². The lowest BCUT2D eigenvalue weighted by atomic mass is 10.2. The van der Waals surface area contributed by atoms with E-state index in [1.807, 2.05) is 0 Å². The number of aliphatic carboxylic acids is 1. The van der Waals surface area contributed by atoms with Crippen LogP contribution in [-0.4, -0.2) is 31.5 Å². The second kappa shape index (κ2) is 5.08. The van der Waals surface area contributed by atoms with Gasteiger partial charge >= 0.3 is 21.5 Å². The minimum atomic E-state index is -5.75. The zero-order chi connectivity index (χ0) is 14.8. The fourth-order valence-corrected chi connectivity index (χ4v) is 2.20. The fourth-order valence-electron chi connectivity index (χ4n) is 1.27. The summed E-state index contributed by atoms with van der Waals surface area (Å²) >= 11 is 0. The van der Waals surface area contributed by atoms with Gasteiger partial charge in [-0.25, -0.2) is 0 Å². The summed E-state index contributed by atoms with van der Waals surface area (Å²) in [6, 6.07) is 5.00. The Kier molecular flexibility index (Phi) is 4.09. The van der Waals surface area contributed by atoms with E-state index in [0.29, 0.717) is 5.56 Å². The standard InChI is InChI=1S/C10H10F3NO4S/c1-7-2-4-8(5-3-7)14(6-9(15)16)19(17,18)10(11,12)13/h2-5H,6H2,1H3,(H,15,16). The van der Waals surface area contributed by atoms with Crippen molar-refractivity contribution < 1.29 is 31.5 Å². The molecule has 0 aliphatic rings. The van der Waals surface area contributed by atoms with Gasteiger partial charge in [0.05, 0.1) is 5.69 Å². The van der Waals surface area contributed by atoms with E-state index in [1.54, 1.807) is 6.92 Å². The van der Waals surface area contributed by atoms with Gasteiger partial charge in [-0.3, -0.25) is 9.10 Å². The van der Waals surface area contributed by atoms with Gasteiger partial charge in [-0.15, -0.1) is 0 Å². The van der Waals surface area contributed by atoms with Gasteiger partial charge in [0.1, 0.15) is 6.54 Å². The van der Waals surface area contributed by atoms with E-state index in [-0.39, 0.29) is 9.99 Å². The number of benzene rings is 1. The molecule has 1 aromatic carbocycles. The van der Waals surface area contributed by atoms with E-state index in [9.17, 15) is 26.4 Å². The highest BCUT2D eigenvalue weighted by Gasteiger charge is 2.50. The van der Waals surface area contributed by atoms with Crippen LogP contribution >= 0.6 is 0 Å². The van der Waals surface area contributed by atoms with Gasteiger partial charge in [0, 0.05) is 0 Å². The second-order valence-corrected chi connectivity index (χ2v) is 5.54. The molecule has 0 radical (unpaired) electrons. The topological polar surface area (TPSA) is 74.7 Å². The first-order valence-corrected chi connectivity index (χ1v) is 6.37. The Morgan fingerprint density at radius 1 is 1.26 bits per heavy atom. The molecule has 0 unspecified atom stereocenters. The molecule has 0 saturated heterocycles. The van der Waals surface area contributed by atoms with E-state index in [4.69, 9.17) is 5.11 Å². The highest BCUT2D eigenvalue weighted by molar-refractivity contribution is 7.93. The van der Waals surface area contributed by atoms with Crippen molar-refractivity contribution in [2.75, 3.05) is 10.8 Å². The number of nitrogens with zero attached hydrogens (tertiary/aromatic N) is 1. The van der Waals surface area contributed by atoms with Crippen LogP contribution in [0.2, 0.25) is 0 Å². The first kappa shape index (κ1) is 15.3. The lowest BCUT2D eigenvalue weighted by molar-refractivity contribution is -0.135. The highest BCUT2D eigenvalue weighted by atomic mass is 32.2. The minimum absolute atomic E-state index is 0.186. The zero-order valence-electron chi connectivity index (χ0n) is 9.68. The molecule has 0 atom stereocenters. The van der Waals surface area contributed by atoms with Crippen LogP contribution in [0.4, 0.5) is 18.9 Å². The van der Waals surface area contributed by atoms with Crippen LogP contribution in [0.5, 0.6) is 0 Å². The van der Waals surface area contributed by atoms with Crippen LogP contribution in [0.3, 0.4) is 0 Å². The molecule has 19 heavy (non-hydrogen) atoms. The Hall–Kier alpha value is -1.77. The minimum Gasteiger partial charge on any atom is -0.480 e. The molecule has 5 nitrogen and oxygen atoms in total. The maximum absolute atomic E-state index is 12.5. The predicted molar refractivity (Wildman–Crippen MR) is 61.1 cm³/mol. The largest absolute Gasteiger partial charge is 0.516 e. The average Bonchev–Trinajstić information content (AvgIpc) is 2.25. The van der Waals surface area contributed by atoms with Gasteiger partial charge in [0.2, 0.25) is 0 Å². The van der Waals surface area contributed by atoms with Crippen molar-refractivity contribution in [2.24, 2.45) is 0 Å². The molecule has 1 rings (SSSR count). The molecule has 1 aromatic rings. The molecule has 106 valence electrons. The number of hydrogen-bond donors (Lipinski definition) is 1. The number of carbonyl (C=O) groups is 1. The van der Waals surface area contributed by atoms with Crippen LogP contribution in [0.1, 0.15) is 5.56 Å². The number of hydrogen-bond acceptors (Lipinski definition) is 3. The van der Waals surface area contributed by atoms with Crippen molar-refractivity contribution in [2.45, 2.75) is 12.4 Å². The van der Waals surface area contributed by atoms with Crippen LogP contribution in [0, 0.1) is 6.92 Å². The van der Waals surface area contributed by atoms with Gasteiger partial charge in [0.15, 0.2) is 0 Å². The fraction of sp³-hybridized carbons (Fsp3) is 0.300. The summed E-state index contributed by atoms with van der Waals surface area (Å²) in [5.41, 5.74) is -5.22. The first-order valence-electron chi connectivity index (χ1n) is 4.93. The van der Waals surface area contributed by atoms with Crippen LogP contribution < -0.4 is 4.31 Å². The van der Waals surface area contributed by atoms with Crippen molar-refractivity contribution in [3.63, 3.8) is 0 Å². The van der Waals surface area contributed by atoms with Crippen molar-refractivity contribution in [1.82, 2.24) is 0 Å². The number of aryl methyl sites for hydroxylation is 1. The van der Waals surface area contributed by atoms with E-state index in [0.717, 1.165) is 12.1 Å². The van der Waals surface area contributed by atoms with Gasteiger partial charge in [-0.1, -0.05) is 17.7 Å². The molecule has 0 saturated carbocycles. The Bertz CT molecular complexity index is 565. The third kappa shape index (κ3) is 3.37. The molecule has 0 bridgehead atoms. The van der Waals surface area contributed by atoms with Crippen LogP contribution in [0.15, 0.2) is 24.3 Å². The number of halogens is 3. The van der Waals surface area contributed by atoms with E-state index < -0.39 is 28.0 Å². The molecule has 0 spiro atoms. The number of rotatable bonds is 4. The molecule has 0 aliphatic carbocycles. The SMILES string of the molecule is Cc1ccc(N(CC(=O)O)S(=O)(=O)C(F)(F)F)cc1. The third-order valence-corrected chi connectivity index (χ3v) is 3.69. The molecule has 0 aromatic heterocycles. The smallest absolute Gasteiger partial charge is 0.480 e. The lowest BCUT2D eigenvalue weighted by Gasteiger charge is -2.23. The Balaban J connectivity index is 3.31. The summed E-state index contributed by atoms with van der Waals surface area (Å²) in [5, 5.41) is 8.56. The summed E-state index contributed by atoms with van der Waals surface area (Å²) in [4.78, 5) is 10.6. The highest BCUT2D eigenvalue weighted by Crippen LogP contribution is 2.30. The Morgan fingerprint density at radius 3 is 2.11 bits per heavy atom. The van der Waals surface area contributed by atoms with Crippen molar-refractivity contribution in [1.29, 1.82) is 0 Å². The van der Waals surface area contributed by atoms with E-state index in [1.165, 1.54) is 12.1 Å². The summed E-state index contributed by atoms with van der Waals surface area (Å²) in [6.45, 7) is 0.356. The Labute approximate surface area is 107 Å². The van der Waals surface area contributed by atoms with Gasteiger partial charge in [-0.2, -0.15) is 21.6 Å². The van der Waals surface area contributed by atoms with E-state index >= 15 is 0 Å². The Morgan fingerprint density at radius 2 is 1.74 bits per heavy atom. The third-order valence-electron chi connectivity index (χ3n) is 2.18. The van der Waals surface area contributed by atoms with Gasteiger partial charge in [0.25, 0.3) is 0 Å². The molecular weight excluding hydrogens is 287 g/mol. The molecule has 0 aliphatic heterocycles. The zero-order valence-corrected chi connectivity index (χ0v) is 10.5. The monoisotopic (exact) mass is 297 g/mol. The summed E-state index contributed by atoms with van der Waals surface area (Å²) in [7, 11) is -5.75. The molecule has 0 fully saturated rings. The first-order chi connectivity index (χ1) is 8.55. The molecule has 0 heterocycles. The molecule has 1 N–H and O–H groups in total. The second-order valence-electron chi connectivity index (χ2n) is 3.69. The van der Waals surface area contributed by atoms with Gasteiger partial charge in [-0.05, 0) is 19.1 Å². The predicted octanol–water partition coefficient (Wildman–Crippen LogP) is 1.74. The molecule has 0 amide bonds. The van der Waals surface area contributed by atoms with Crippen molar-refractivity contribution in [3.8, 4) is 0 Å². The van der Waals surface area contributed by atoms with Gasteiger partial charge < -0.3 is 5.11 Å². The summed E-state index contributed by atoms with van der Waals surface area (Å²) in [6.07, 6.45) is 0. The number of sulfonamides is 1. The quantitative estimate of drug-likeness (QED) is 0.918. The summed E-state index contributed by atoms with van der Waals surface area (Å²) in [5.74, 6) is -1.69. The number of carboxylic acid groups (broad SMARTS) is 1. The molecular formula is C10H10F3NO4S.